The molecule has 2 N–H and O–H groups in total. The van der Waals surface area contributed by atoms with Gasteiger partial charge in [-0.25, -0.2) is 13.2 Å². The maximum atomic E-state index is 15.0. The van der Waals surface area contributed by atoms with Crippen molar-refractivity contribution < 1.29 is 40.7 Å². The fraction of sp³-hybridized carbons (Fsp3) is 0.222. The van der Waals surface area contributed by atoms with Crippen LogP contribution >= 0.6 is 34.8 Å². The van der Waals surface area contributed by atoms with E-state index in [-0.39, 0.29) is 21.8 Å². The van der Waals surface area contributed by atoms with E-state index in [0.717, 1.165) is 36.1 Å². The Balaban J connectivity index is 1.57. The molecule has 2 atom stereocenters. The van der Waals surface area contributed by atoms with Gasteiger partial charge in [-0.05, 0) is 48.0 Å². The van der Waals surface area contributed by atoms with E-state index in [2.05, 4.69) is 5.32 Å². The van der Waals surface area contributed by atoms with Crippen LogP contribution in [0.15, 0.2) is 48.5 Å². The second-order valence-corrected chi connectivity index (χ2v) is 11.2. The number of benzene rings is 3. The molecule has 15 heteroatoms. The molecule has 0 radical (unpaired) electrons. The third kappa shape index (κ3) is 6.02. The van der Waals surface area contributed by atoms with Crippen molar-refractivity contribution in [3.8, 4) is 0 Å². The van der Waals surface area contributed by atoms with Gasteiger partial charge in [-0.3, -0.25) is 14.4 Å². The number of hydrogen-bond donors (Lipinski definition) is 2. The molecule has 3 amide bonds. The highest BCUT2D eigenvalue weighted by Crippen LogP contribution is 2.65. The Labute approximate surface area is 249 Å². The van der Waals surface area contributed by atoms with Crippen LogP contribution < -0.4 is 15.5 Å². The summed E-state index contributed by atoms with van der Waals surface area (Å²) in [5.74, 6) is -8.60. The lowest BCUT2D eigenvalue weighted by atomic mass is 10.0. The van der Waals surface area contributed by atoms with Crippen molar-refractivity contribution in [3.05, 3.63) is 87.7 Å². The van der Waals surface area contributed by atoms with E-state index in [1.807, 2.05) is 5.32 Å². The molecule has 0 heterocycles. The molecule has 6 nitrogen and oxygen atoms in total. The Morgan fingerprint density at radius 3 is 2.19 bits per heavy atom. The van der Waals surface area contributed by atoms with Gasteiger partial charge in [-0.2, -0.15) is 13.2 Å². The standard InChI is InChI=1S/C27H18Cl3F6N3O3/c1-11(40)37-23-18(32)7-8-19(22(23)33)39(2)25(42)14-10-13(4-5-16(14)28)38-24(41)21-20(26(21,29)30)12-3-6-17(31)15(9-12)27(34,35)36/h3-10,20-21H,1-2H3,(H,37,40)(H,38,41)/t20-,21+/m0/s1. The number of rotatable bonds is 6. The summed E-state index contributed by atoms with van der Waals surface area (Å²) in [6, 6.07) is 7.71. The third-order valence-electron chi connectivity index (χ3n) is 6.49. The van der Waals surface area contributed by atoms with E-state index in [0.29, 0.717) is 12.1 Å². The first kappa shape index (κ1) is 31.5. The van der Waals surface area contributed by atoms with E-state index in [1.54, 1.807) is 0 Å². The van der Waals surface area contributed by atoms with Crippen molar-refractivity contribution in [2.75, 3.05) is 22.6 Å². The van der Waals surface area contributed by atoms with Gasteiger partial charge in [0, 0.05) is 25.6 Å². The lowest BCUT2D eigenvalue weighted by Crippen LogP contribution is -2.28. The minimum Gasteiger partial charge on any atom is -0.326 e. The predicted molar refractivity (Wildman–Crippen MR) is 146 cm³/mol. The van der Waals surface area contributed by atoms with Crippen molar-refractivity contribution in [3.63, 3.8) is 0 Å². The molecule has 3 aromatic carbocycles. The lowest BCUT2D eigenvalue weighted by molar-refractivity contribution is -0.140. The summed E-state index contributed by atoms with van der Waals surface area (Å²) in [4.78, 5) is 38.4. The van der Waals surface area contributed by atoms with Crippen LogP contribution in [0.25, 0.3) is 0 Å². The van der Waals surface area contributed by atoms with Crippen molar-refractivity contribution in [1.82, 2.24) is 0 Å². The summed E-state index contributed by atoms with van der Waals surface area (Å²) in [6.07, 6.45) is -4.99. The first-order valence-electron chi connectivity index (χ1n) is 11.8. The minimum absolute atomic E-state index is 0.00420. The Bertz CT molecular complexity index is 1620. The Kier molecular flexibility index (Phi) is 8.47. The molecule has 1 aliphatic carbocycles. The van der Waals surface area contributed by atoms with Crippen molar-refractivity contribution in [1.29, 1.82) is 0 Å². The Morgan fingerprint density at radius 1 is 0.929 bits per heavy atom. The molecular formula is C27H18Cl3F6N3O3. The summed E-state index contributed by atoms with van der Waals surface area (Å²) in [5.41, 5.74) is -3.03. The fourth-order valence-electron chi connectivity index (χ4n) is 4.39. The number of nitrogens with zero attached hydrogens (tertiary/aromatic N) is 1. The zero-order valence-corrected chi connectivity index (χ0v) is 23.6. The second-order valence-electron chi connectivity index (χ2n) is 9.35. The van der Waals surface area contributed by atoms with Crippen molar-refractivity contribution in [2.45, 2.75) is 23.4 Å². The average molecular weight is 653 g/mol. The zero-order chi connectivity index (χ0) is 31.3. The van der Waals surface area contributed by atoms with E-state index < -0.39 is 74.5 Å². The van der Waals surface area contributed by atoms with Crippen LogP contribution in [0.5, 0.6) is 0 Å². The zero-order valence-electron chi connectivity index (χ0n) is 21.3. The molecule has 1 saturated carbocycles. The molecule has 1 fully saturated rings. The largest absolute Gasteiger partial charge is 0.419 e. The van der Waals surface area contributed by atoms with Gasteiger partial charge < -0.3 is 15.5 Å². The summed E-state index contributed by atoms with van der Waals surface area (Å²) in [7, 11) is 1.17. The smallest absolute Gasteiger partial charge is 0.326 e. The second kappa shape index (κ2) is 11.3. The number of alkyl halides is 5. The molecule has 0 bridgehead atoms. The van der Waals surface area contributed by atoms with Gasteiger partial charge in [-0.1, -0.05) is 17.7 Å². The first-order chi connectivity index (χ1) is 19.4. The molecule has 0 spiro atoms. The van der Waals surface area contributed by atoms with Crippen LogP contribution in [0.3, 0.4) is 0 Å². The third-order valence-corrected chi connectivity index (χ3v) is 7.76. The van der Waals surface area contributed by atoms with Gasteiger partial charge in [0.2, 0.25) is 11.8 Å². The normalized spacial score (nSPS) is 17.4. The van der Waals surface area contributed by atoms with E-state index >= 15 is 0 Å². The molecule has 0 aromatic heterocycles. The predicted octanol–water partition coefficient (Wildman–Crippen LogP) is 7.54. The van der Waals surface area contributed by atoms with Crippen molar-refractivity contribution >= 4 is 69.6 Å². The molecule has 0 saturated heterocycles. The topological polar surface area (TPSA) is 78.5 Å². The molecule has 1 aliphatic rings. The van der Waals surface area contributed by atoms with Crippen LogP contribution in [0, 0.1) is 23.4 Å². The molecule has 0 unspecified atom stereocenters. The van der Waals surface area contributed by atoms with Gasteiger partial charge in [0.1, 0.15) is 21.7 Å². The summed E-state index contributed by atoms with van der Waals surface area (Å²) >= 11 is 18.6. The van der Waals surface area contributed by atoms with Gasteiger partial charge in [-0.15, -0.1) is 23.2 Å². The Hall–Kier alpha value is -3.48. The minimum atomic E-state index is -4.99. The number of carbonyl (C=O) groups excluding carboxylic acids is 3. The molecule has 4 rings (SSSR count). The monoisotopic (exact) mass is 651 g/mol. The van der Waals surface area contributed by atoms with Crippen LogP contribution in [0.4, 0.5) is 43.4 Å². The number of nitrogens with one attached hydrogen (secondary N) is 2. The number of amides is 3. The van der Waals surface area contributed by atoms with Crippen LogP contribution in [-0.2, 0) is 15.8 Å². The van der Waals surface area contributed by atoms with Gasteiger partial charge in [0.05, 0.1) is 27.8 Å². The van der Waals surface area contributed by atoms with Crippen LogP contribution in [0.2, 0.25) is 5.02 Å². The maximum absolute atomic E-state index is 15.0. The highest BCUT2D eigenvalue weighted by Gasteiger charge is 2.67. The maximum Gasteiger partial charge on any atom is 0.419 e. The van der Waals surface area contributed by atoms with E-state index in [9.17, 15) is 40.7 Å². The SMILES string of the molecule is CC(=O)Nc1c(F)ccc(N(C)C(=O)c2cc(NC(=O)[C@H]3[C@H](c4ccc(F)c(C(F)(F)F)c4)C3(Cl)Cl)ccc2Cl)c1F. The van der Waals surface area contributed by atoms with Gasteiger partial charge in [0.25, 0.3) is 5.91 Å². The first-order valence-corrected chi connectivity index (χ1v) is 13.0. The lowest BCUT2D eigenvalue weighted by Gasteiger charge is -2.21. The van der Waals surface area contributed by atoms with E-state index in [4.69, 9.17) is 34.8 Å². The van der Waals surface area contributed by atoms with Crippen LogP contribution in [0.1, 0.15) is 34.3 Å². The summed E-state index contributed by atoms with van der Waals surface area (Å²) in [5, 5.41) is 4.37. The van der Waals surface area contributed by atoms with E-state index in [1.165, 1.54) is 19.2 Å². The Morgan fingerprint density at radius 2 is 1.57 bits per heavy atom. The average Bonchev–Trinajstić information content (AvgIpc) is 3.48. The molecule has 222 valence electrons. The molecule has 3 aromatic rings. The van der Waals surface area contributed by atoms with Gasteiger partial charge >= 0.3 is 6.18 Å². The molecule has 0 aliphatic heterocycles. The molecule has 42 heavy (non-hydrogen) atoms. The fourth-order valence-corrected chi connectivity index (χ4v) is 5.42. The highest BCUT2D eigenvalue weighted by molar-refractivity contribution is 6.53. The molecular weight excluding hydrogens is 635 g/mol. The number of anilines is 3. The van der Waals surface area contributed by atoms with Gasteiger partial charge in [0.15, 0.2) is 5.82 Å². The van der Waals surface area contributed by atoms with Crippen molar-refractivity contribution in [2.24, 2.45) is 5.92 Å². The number of halogens is 9. The highest BCUT2D eigenvalue weighted by atomic mass is 35.5. The number of carbonyl (C=O) groups is 3. The summed E-state index contributed by atoms with van der Waals surface area (Å²) < 4.78 is 80.5. The quantitative estimate of drug-likeness (QED) is 0.213. The summed E-state index contributed by atoms with van der Waals surface area (Å²) in [6.45, 7) is 1.04. The number of hydrogen-bond acceptors (Lipinski definition) is 3. The van der Waals surface area contributed by atoms with Crippen LogP contribution in [-0.4, -0.2) is 29.1 Å².